The Bertz CT molecular complexity index is 717. The van der Waals surface area contributed by atoms with E-state index in [-0.39, 0.29) is 31.4 Å². The summed E-state index contributed by atoms with van der Waals surface area (Å²) in [5, 5.41) is 24.8. The Hall–Kier alpha value is -2.87. The SMILES string of the molecule is CC(C)C(NC(=O)C(N)CCC(=O)O)C(=O)NC(CCC(N)=O)C(=O)NC(CS)C(=O)O. The molecule has 0 aromatic heterocycles. The molecule has 32 heavy (non-hydrogen) atoms. The maximum atomic E-state index is 12.8. The number of thiol groups is 1. The van der Waals surface area contributed by atoms with Gasteiger partial charge in [0.15, 0.2) is 0 Å². The molecule has 0 aliphatic heterocycles. The number of hydrogen-bond donors (Lipinski definition) is 8. The number of nitrogens with one attached hydrogen (secondary N) is 3. The third-order valence-corrected chi connectivity index (χ3v) is 4.73. The summed E-state index contributed by atoms with van der Waals surface area (Å²) in [7, 11) is 0. The van der Waals surface area contributed by atoms with Crippen molar-refractivity contribution in [2.24, 2.45) is 17.4 Å². The Kier molecular flexibility index (Phi) is 13.0. The summed E-state index contributed by atoms with van der Waals surface area (Å²) in [6, 6.07) is -4.94. The molecule has 0 aliphatic rings. The lowest BCUT2D eigenvalue weighted by atomic mass is 10.0. The van der Waals surface area contributed by atoms with Crippen molar-refractivity contribution < 1.29 is 39.0 Å². The van der Waals surface area contributed by atoms with Gasteiger partial charge in [-0.2, -0.15) is 12.6 Å². The number of nitrogens with two attached hydrogens (primary N) is 2. The highest BCUT2D eigenvalue weighted by molar-refractivity contribution is 7.80. The summed E-state index contributed by atoms with van der Waals surface area (Å²) in [4.78, 5) is 70.4. The van der Waals surface area contributed by atoms with Crippen molar-refractivity contribution in [2.75, 3.05) is 5.75 Å². The van der Waals surface area contributed by atoms with Crippen LogP contribution in [0.15, 0.2) is 0 Å². The van der Waals surface area contributed by atoms with Crippen molar-refractivity contribution in [2.45, 2.75) is 63.7 Å². The van der Waals surface area contributed by atoms with Crippen LogP contribution in [0.5, 0.6) is 0 Å². The van der Waals surface area contributed by atoms with E-state index in [1.165, 1.54) is 0 Å². The molecule has 4 amide bonds. The number of carbonyl (C=O) groups excluding carboxylic acids is 4. The summed E-state index contributed by atoms with van der Waals surface area (Å²) in [6.07, 6.45) is -0.950. The molecule has 0 aromatic rings. The van der Waals surface area contributed by atoms with Gasteiger partial charge in [-0.15, -0.1) is 0 Å². The Morgan fingerprint density at radius 2 is 1.41 bits per heavy atom. The first-order valence-corrected chi connectivity index (χ1v) is 10.4. The molecule has 0 rings (SSSR count). The molecule has 0 spiro atoms. The molecule has 9 N–H and O–H groups in total. The van der Waals surface area contributed by atoms with Gasteiger partial charge < -0.3 is 37.6 Å². The van der Waals surface area contributed by atoms with Crippen LogP contribution in [0.3, 0.4) is 0 Å². The first kappa shape index (κ1) is 29.1. The lowest BCUT2D eigenvalue weighted by Crippen LogP contribution is -2.58. The van der Waals surface area contributed by atoms with E-state index in [2.05, 4.69) is 28.6 Å². The average Bonchev–Trinajstić information content (AvgIpc) is 2.69. The van der Waals surface area contributed by atoms with Crippen LogP contribution in [0.2, 0.25) is 0 Å². The van der Waals surface area contributed by atoms with E-state index in [1.807, 2.05) is 0 Å². The number of amides is 4. The predicted molar refractivity (Wildman–Crippen MR) is 115 cm³/mol. The van der Waals surface area contributed by atoms with Crippen molar-refractivity contribution in [3.63, 3.8) is 0 Å². The number of aliphatic carboxylic acids is 2. The molecule has 0 radical (unpaired) electrons. The minimum Gasteiger partial charge on any atom is -0.481 e. The number of hydrogen-bond acceptors (Lipinski definition) is 8. The van der Waals surface area contributed by atoms with E-state index in [1.54, 1.807) is 13.8 Å². The zero-order valence-corrected chi connectivity index (χ0v) is 18.8. The van der Waals surface area contributed by atoms with Crippen molar-refractivity contribution in [1.29, 1.82) is 0 Å². The Morgan fingerprint density at radius 3 is 1.84 bits per heavy atom. The van der Waals surface area contributed by atoms with Gasteiger partial charge in [0.25, 0.3) is 0 Å². The fourth-order valence-electron chi connectivity index (χ4n) is 2.48. The predicted octanol–water partition coefficient (Wildman–Crippen LogP) is -2.43. The number of carbonyl (C=O) groups is 6. The fourth-order valence-corrected chi connectivity index (χ4v) is 2.73. The van der Waals surface area contributed by atoms with Gasteiger partial charge in [-0.3, -0.25) is 24.0 Å². The van der Waals surface area contributed by atoms with Crippen LogP contribution in [0, 0.1) is 5.92 Å². The molecule has 4 unspecified atom stereocenters. The normalized spacial score (nSPS) is 14.5. The minimum absolute atomic E-state index is 0.141. The molecule has 0 saturated carbocycles. The Labute approximate surface area is 190 Å². The van der Waals surface area contributed by atoms with E-state index in [0.29, 0.717) is 0 Å². The lowest BCUT2D eigenvalue weighted by molar-refractivity contribution is -0.142. The molecule has 14 heteroatoms. The maximum Gasteiger partial charge on any atom is 0.327 e. The van der Waals surface area contributed by atoms with Gasteiger partial charge in [-0.1, -0.05) is 13.8 Å². The van der Waals surface area contributed by atoms with Gasteiger partial charge in [0.2, 0.25) is 23.6 Å². The fraction of sp³-hybridized carbons (Fsp3) is 0.667. The molecule has 0 aliphatic carbocycles. The Morgan fingerprint density at radius 1 is 0.844 bits per heavy atom. The average molecular weight is 478 g/mol. The highest BCUT2D eigenvalue weighted by atomic mass is 32.1. The standard InChI is InChI=1S/C18H31N5O8S/c1-8(2)14(23-15(27)9(19)3-6-13(25)26)17(29)21-10(4-5-12(20)24)16(28)22-11(7-32)18(30)31/h8-11,14,32H,3-7,19H2,1-2H3,(H2,20,24)(H,21,29)(H,22,28)(H,23,27)(H,25,26)(H,30,31). The molecule has 4 atom stereocenters. The molecule has 0 saturated heterocycles. The number of carboxylic acid groups (broad SMARTS) is 2. The van der Waals surface area contributed by atoms with Crippen molar-refractivity contribution in [1.82, 2.24) is 16.0 Å². The number of primary amides is 1. The summed E-state index contributed by atoms with van der Waals surface area (Å²) >= 11 is 3.85. The van der Waals surface area contributed by atoms with Gasteiger partial charge in [-0.05, 0) is 18.8 Å². The monoisotopic (exact) mass is 477 g/mol. The van der Waals surface area contributed by atoms with Crippen LogP contribution in [0.25, 0.3) is 0 Å². The quantitative estimate of drug-likeness (QED) is 0.117. The molecular formula is C18H31N5O8S. The Balaban J connectivity index is 5.37. The van der Waals surface area contributed by atoms with Gasteiger partial charge >= 0.3 is 11.9 Å². The molecule has 0 heterocycles. The zero-order chi connectivity index (χ0) is 25.0. The molecule has 0 bridgehead atoms. The summed E-state index contributed by atoms with van der Waals surface area (Å²) < 4.78 is 0. The van der Waals surface area contributed by atoms with Crippen molar-refractivity contribution in [3.05, 3.63) is 0 Å². The first-order chi connectivity index (χ1) is 14.8. The topological polar surface area (TPSA) is 231 Å². The third kappa shape index (κ3) is 10.9. The van der Waals surface area contributed by atoms with E-state index in [9.17, 15) is 28.8 Å². The summed E-state index contributed by atoms with van der Waals surface area (Å²) in [5.41, 5.74) is 10.8. The van der Waals surface area contributed by atoms with E-state index < -0.39 is 65.7 Å². The van der Waals surface area contributed by atoms with Crippen LogP contribution in [-0.2, 0) is 28.8 Å². The van der Waals surface area contributed by atoms with E-state index in [0.717, 1.165) is 0 Å². The number of rotatable bonds is 15. The van der Waals surface area contributed by atoms with Crippen LogP contribution in [0.4, 0.5) is 0 Å². The molecule has 0 aromatic carbocycles. The maximum absolute atomic E-state index is 12.8. The summed E-state index contributed by atoms with van der Waals surface area (Å²) in [6.45, 7) is 3.24. The number of carboxylic acids is 2. The second kappa shape index (κ2) is 14.2. The van der Waals surface area contributed by atoms with E-state index in [4.69, 9.17) is 21.7 Å². The second-order valence-electron chi connectivity index (χ2n) is 7.42. The van der Waals surface area contributed by atoms with Crippen LogP contribution in [-0.4, -0.2) is 75.7 Å². The van der Waals surface area contributed by atoms with Crippen molar-refractivity contribution in [3.8, 4) is 0 Å². The van der Waals surface area contributed by atoms with Crippen molar-refractivity contribution >= 4 is 48.2 Å². The highest BCUT2D eigenvalue weighted by Crippen LogP contribution is 2.07. The van der Waals surface area contributed by atoms with E-state index >= 15 is 0 Å². The lowest BCUT2D eigenvalue weighted by Gasteiger charge is -2.26. The largest absolute Gasteiger partial charge is 0.481 e. The van der Waals surface area contributed by atoms with Crippen LogP contribution in [0.1, 0.15) is 39.5 Å². The molecular weight excluding hydrogens is 446 g/mol. The minimum atomic E-state index is -1.34. The van der Waals surface area contributed by atoms with Gasteiger partial charge in [0, 0.05) is 18.6 Å². The van der Waals surface area contributed by atoms with Crippen LogP contribution >= 0.6 is 12.6 Å². The zero-order valence-electron chi connectivity index (χ0n) is 17.9. The second-order valence-corrected chi connectivity index (χ2v) is 7.78. The van der Waals surface area contributed by atoms with Gasteiger partial charge in [0.1, 0.15) is 18.1 Å². The van der Waals surface area contributed by atoms with Gasteiger partial charge in [0.05, 0.1) is 6.04 Å². The molecule has 182 valence electrons. The first-order valence-electron chi connectivity index (χ1n) is 9.80. The van der Waals surface area contributed by atoms with Crippen LogP contribution < -0.4 is 27.4 Å². The highest BCUT2D eigenvalue weighted by Gasteiger charge is 2.31. The molecule has 13 nitrogen and oxygen atoms in total. The van der Waals surface area contributed by atoms with Gasteiger partial charge in [-0.25, -0.2) is 4.79 Å². The smallest absolute Gasteiger partial charge is 0.327 e. The third-order valence-electron chi connectivity index (χ3n) is 4.36. The summed E-state index contributed by atoms with van der Waals surface area (Å²) in [5.74, 6) is -6.26. The molecule has 0 fully saturated rings.